The zero-order chi connectivity index (χ0) is 14.6. The molecule has 1 aromatic carbocycles. The third kappa shape index (κ3) is 3.96. The van der Waals surface area contributed by atoms with Crippen molar-refractivity contribution in [3.05, 3.63) is 35.9 Å². The first kappa shape index (κ1) is 15.8. The van der Waals surface area contributed by atoms with E-state index in [1.165, 1.54) is 5.56 Å². The van der Waals surface area contributed by atoms with Crippen LogP contribution in [0.15, 0.2) is 30.3 Å². The lowest BCUT2D eigenvalue weighted by Gasteiger charge is -2.25. The highest BCUT2D eigenvalue weighted by Crippen LogP contribution is 2.25. The fourth-order valence-corrected chi connectivity index (χ4v) is 5.07. The normalized spacial score (nSPS) is 22.0. The Morgan fingerprint density at radius 1 is 1.35 bits per heavy atom. The lowest BCUT2D eigenvalue weighted by atomic mass is 10.1. The van der Waals surface area contributed by atoms with Gasteiger partial charge < -0.3 is 0 Å². The van der Waals surface area contributed by atoms with Gasteiger partial charge in [0.15, 0.2) is 0 Å². The van der Waals surface area contributed by atoms with Crippen molar-refractivity contribution in [1.29, 1.82) is 0 Å². The first-order chi connectivity index (χ1) is 9.53. The molecule has 3 nitrogen and oxygen atoms in total. The number of alkyl halides is 1. The van der Waals surface area contributed by atoms with Crippen molar-refractivity contribution in [2.24, 2.45) is 5.92 Å². The quantitative estimate of drug-likeness (QED) is 0.757. The number of rotatable bonds is 6. The summed E-state index contributed by atoms with van der Waals surface area (Å²) in [6.45, 7) is 2.53. The Labute approximate surface area is 127 Å². The number of benzene rings is 1. The average molecular weight is 316 g/mol. The fraction of sp³-hybridized carbons (Fsp3) is 0.600. The first-order valence-electron chi connectivity index (χ1n) is 7.12. The third-order valence-electron chi connectivity index (χ3n) is 3.75. The molecule has 2 atom stereocenters. The second-order valence-corrected chi connectivity index (χ2v) is 7.91. The summed E-state index contributed by atoms with van der Waals surface area (Å²) in [5.74, 6) is 0.540. The lowest BCUT2D eigenvalue weighted by molar-refractivity contribution is 0.382. The Bertz CT molecular complexity index is 518. The van der Waals surface area contributed by atoms with Crippen molar-refractivity contribution in [1.82, 2.24) is 4.31 Å². The summed E-state index contributed by atoms with van der Waals surface area (Å²) in [6, 6.07) is 10.2. The molecule has 0 amide bonds. The predicted molar refractivity (Wildman–Crippen MR) is 83.5 cm³/mol. The van der Waals surface area contributed by atoms with Crippen molar-refractivity contribution in [2.75, 3.05) is 18.2 Å². The average Bonchev–Trinajstić information content (AvgIpc) is 2.88. The van der Waals surface area contributed by atoms with Gasteiger partial charge in [0.25, 0.3) is 0 Å². The lowest BCUT2D eigenvalue weighted by Crippen LogP contribution is -2.39. The first-order valence-corrected chi connectivity index (χ1v) is 9.26. The van der Waals surface area contributed by atoms with Gasteiger partial charge in [-0.05, 0) is 30.7 Å². The van der Waals surface area contributed by atoms with Crippen LogP contribution in [0.1, 0.15) is 25.3 Å². The van der Waals surface area contributed by atoms with Crippen LogP contribution in [-0.2, 0) is 16.4 Å². The van der Waals surface area contributed by atoms with E-state index < -0.39 is 10.0 Å². The summed E-state index contributed by atoms with van der Waals surface area (Å²) in [7, 11) is -3.19. The minimum Gasteiger partial charge on any atom is -0.212 e. The van der Waals surface area contributed by atoms with Crippen LogP contribution in [0, 0.1) is 5.92 Å². The molecule has 0 aromatic heterocycles. The molecule has 0 radical (unpaired) electrons. The van der Waals surface area contributed by atoms with Gasteiger partial charge in [0.05, 0.1) is 5.75 Å². The molecule has 1 aliphatic rings. The van der Waals surface area contributed by atoms with Gasteiger partial charge in [-0.3, -0.25) is 0 Å². The number of nitrogens with zero attached hydrogens (tertiary/aromatic N) is 1. The van der Waals surface area contributed by atoms with Gasteiger partial charge in [0, 0.05) is 18.5 Å². The molecule has 1 heterocycles. The Hall–Kier alpha value is -0.580. The molecule has 112 valence electrons. The largest absolute Gasteiger partial charge is 0.214 e. The van der Waals surface area contributed by atoms with Gasteiger partial charge in [0.2, 0.25) is 10.0 Å². The minimum absolute atomic E-state index is 0.000332. The maximum absolute atomic E-state index is 12.5. The molecule has 0 N–H and O–H groups in total. The Kier molecular flexibility index (Phi) is 5.47. The summed E-state index contributed by atoms with van der Waals surface area (Å²) >= 11 is 5.75. The molecule has 2 rings (SSSR count). The molecule has 1 aromatic rings. The Balaban J connectivity index is 2.07. The SMILES string of the molecule is CC(CCl)CS(=O)(=O)N1CCCC1Cc1ccccc1. The maximum atomic E-state index is 12.5. The second kappa shape index (κ2) is 6.92. The molecule has 0 spiro atoms. The van der Waals surface area contributed by atoms with Gasteiger partial charge in [0.1, 0.15) is 0 Å². The van der Waals surface area contributed by atoms with E-state index in [0.717, 1.165) is 19.3 Å². The highest BCUT2D eigenvalue weighted by molar-refractivity contribution is 7.89. The topological polar surface area (TPSA) is 37.4 Å². The number of sulfonamides is 1. The smallest absolute Gasteiger partial charge is 0.212 e. The minimum atomic E-state index is -3.19. The summed E-state index contributed by atoms with van der Waals surface area (Å²) in [5.41, 5.74) is 1.20. The van der Waals surface area contributed by atoms with E-state index in [1.54, 1.807) is 4.31 Å². The molecule has 1 aliphatic heterocycles. The van der Waals surface area contributed by atoms with E-state index in [1.807, 2.05) is 25.1 Å². The van der Waals surface area contributed by atoms with Gasteiger partial charge in [-0.1, -0.05) is 37.3 Å². The summed E-state index contributed by atoms with van der Waals surface area (Å²) in [6.07, 6.45) is 2.70. The van der Waals surface area contributed by atoms with Crippen LogP contribution >= 0.6 is 11.6 Å². The highest BCUT2D eigenvalue weighted by atomic mass is 35.5. The van der Waals surface area contributed by atoms with Crippen molar-refractivity contribution in [3.63, 3.8) is 0 Å². The predicted octanol–water partition coefficient (Wildman–Crippen LogP) is 2.90. The monoisotopic (exact) mass is 315 g/mol. The molecule has 0 bridgehead atoms. The maximum Gasteiger partial charge on any atom is 0.214 e. The Morgan fingerprint density at radius 2 is 2.05 bits per heavy atom. The molecule has 5 heteroatoms. The molecular weight excluding hydrogens is 294 g/mol. The number of hydrogen-bond acceptors (Lipinski definition) is 2. The third-order valence-corrected chi connectivity index (χ3v) is 6.47. The van der Waals surface area contributed by atoms with E-state index >= 15 is 0 Å². The summed E-state index contributed by atoms with van der Waals surface area (Å²) < 4.78 is 26.6. The molecule has 0 saturated carbocycles. The molecule has 0 aliphatic carbocycles. The van der Waals surface area contributed by atoms with Crippen LogP contribution in [0.3, 0.4) is 0 Å². The summed E-state index contributed by atoms with van der Waals surface area (Å²) in [5, 5.41) is 0. The van der Waals surface area contributed by atoms with E-state index in [9.17, 15) is 8.42 Å². The van der Waals surface area contributed by atoms with E-state index in [2.05, 4.69) is 12.1 Å². The van der Waals surface area contributed by atoms with Crippen molar-refractivity contribution >= 4 is 21.6 Å². The molecule has 20 heavy (non-hydrogen) atoms. The Morgan fingerprint density at radius 3 is 2.70 bits per heavy atom. The molecule has 2 unspecified atom stereocenters. The van der Waals surface area contributed by atoms with Crippen LogP contribution in [0.2, 0.25) is 0 Å². The van der Waals surface area contributed by atoms with E-state index in [0.29, 0.717) is 12.4 Å². The standard InChI is InChI=1S/C15H22ClNO2S/c1-13(11-16)12-20(18,19)17-9-5-8-15(17)10-14-6-3-2-4-7-14/h2-4,6-7,13,15H,5,8-12H2,1H3. The van der Waals surface area contributed by atoms with E-state index in [4.69, 9.17) is 11.6 Å². The van der Waals surface area contributed by atoms with Gasteiger partial charge in [-0.15, -0.1) is 11.6 Å². The fourth-order valence-electron chi connectivity index (χ4n) is 2.77. The van der Waals surface area contributed by atoms with E-state index in [-0.39, 0.29) is 17.7 Å². The van der Waals surface area contributed by atoms with Crippen molar-refractivity contribution < 1.29 is 8.42 Å². The van der Waals surface area contributed by atoms with Crippen LogP contribution in [0.25, 0.3) is 0 Å². The highest BCUT2D eigenvalue weighted by Gasteiger charge is 2.34. The number of halogens is 1. The van der Waals surface area contributed by atoms with Gasteiger partial charge in [-0.2, -0.15) is 4.31 Å². The molecular formula is C15H22ClNO2S. The zero-order valence-corrected chi connectivity index (χ0v) is 13.4. The zero-order valence-electron chi connectivity index (χ0n) is 11.8. The molecule has 1 saturated heterocycles. The van der Waals surface area contributed by atoms with Crippen molar-refractivity contribution in [3.8, 4) is 0 Å². The van der Waals surface area contributed by atoms with Gasteiger partial charge >= 0.3 is 0 Å². The van der Waals surface area contributed by atoms with Crippen LogP contribution < -0.4 is 0 Å². The van der Waals surface area contributed by atoms with Crippen LogP contribution in [-0.4, -0.2) is 36.9 Å². The van der Waals surface area contributed by atoms with Crippen LogP contribution in [0.4, 0.5) is 0 Å². The number of hydrogen-bond donors (Lipinski definition) is 0. The second-order valence-electron chi connectivity index (χ2n) is 5.63. The van der Waals surface area contributed by atoms with Gasteiger partial charge in [-0.25, -0.2) is 8.42 Å². The van der Waals surface area contributed by atoms with Crippen LogP contribution in [0.5, 0.6) is 0 Å². The molecule has 1 fully saturated rings. The van der Waals surface area contributed by atoms with Crippen molar-refractivity contribution in [2.45, 2.75) is 32.2 Å². The summed E-state index contributed by atoms with van der Waals surface area (Å²) in [4.78, 5) is 0.